The molecule has 1 N–H and O–H groups in total. The molecule has 0 atom stereocenters. The maximum atomic E-state index is 12.0. The number of benzene rings is 2. The third-order valence-electron chi connectivity index (χ3n) is 2.90. The van der Waals surface area contributed by atoms with Gasteiger partial charge < -0.3 is 4.74 Å². The van der Waals surface area contributed by atoms with Gasteiger partial charge in [0, 0.05) is 0 Å². The van der Waals surface area contributed by atoms with Gasteiger partial charge in [-0.1, -0.05) is 30.3 Å². The SMILES string of the molecule is CCOc1ccc(CC(=O)NS(=O)(=O)c2ccccc2)cc1. The molecule has 5 nitrogen and oxygen atoms in total. The molecule has 0 saturated carbocycles. The Morgan fingerprint density at radius 1 is 1.05 bits per heavy atom. The second-order valence-electron chi connectivity index (χ2n) is 4.60. The largest absolute Gasteiger partial charge is 0.494 e. The molecule has 0 aliphatic heterocycles. The van der Waals surface area contributed by atoms with Crippen molar-refractivity contribution in [3.8, 4) is 5.75 Å². The highest BCUT2D eigenvalue weighted by atomic mass is 32.2. The van der Waals surface area contributed by atoms with Crippen LogP contribution in [0, 0.1) is 0 Å². The van der Waals surface area contributed by atoms with Crippen molar-refractivity contribution in [3.63, 3.8) is 0 Å². The normalized spacial score (nSPS) is 11.0. The molecule has 0 heterocycles. The van der Waals surface area contributed by atoms with Crippen LogP contribution in [0.3, 0.4) is 0 Å². The van der Waals surface area contributed by atoms with Gasteiger partial charge in [-0.05, 0) is 36.8 Å². The molecular weight excluding hydrogens is 302 g/mol. The first-order chi connectivity index (χ1) is 10.5. The number of hydrogen-bond donors (Lipinski definition) is 1. The Balaban J connectivity index is 2.01. The van der Waals surface area contributed by atoms with Crippen LogP contribution in [0.5, 0.6) is 5.75 Å². The zero-order valence-corrected chi connectivity index (χ0v) is 13.0. The average molecular weight is 319 g/mol. The Morgan fingerprint density at radius 3 is 2.27 bits per heavy atom. The third kappa shape index (κ3) is 4.33. The zero-order valence-electron chi connectivity index (χ0n) is 12.2. The molecule has 6 heteroatoms. The molecule has 2 aromatic carbocycles. The molecule has 2 rings (SSSR count). The highest BCUT2D eigenvalue weighted by Gasteiger charge is 2.17. The first-order valence-corrected chi connectivity index (χ1v) is 8.32. The van der Waals surface area contributed by atoms with Crippen LogP contribution >= 0.6 is 0 Å². The molecule has 2 aromatic rings. The summed E-state index contributed by atoms with van der Waals surface area (Å²) in [5.74, 6) is 0.136. The number of nitrogens with one attached hydrogen (secondary N) is 1. The molecular formula is C16H17NO4S. The molecule has 1 amide bonds. The highest BCUT2D eigenvalue weighted by molar-refractivity contribution is 7.90. The maximum absolute atomic E-state index is 12.0. The van der Waals surface area contributed by atoms with Crippen molar-refractivity contribution >= 4 is 15.9 Å². The van der Waals surface area contributed by atoms with Crippen molar-refractivity contribution in [2.75, 3.05) is 6.61 Å². The fourth-order valence-corrected chi connectivity index (χ4v) is 2.91. The predicted molar refractivity (Wildman–Crippen MR) is 83.1 cm³/mol. The number of sulfonamides is 1. The standard InChI is InChI=1S/C16H17NO4S/c1-2-21-14-10-8-13(9-11-14)12-16(18)17-22(19,20)15-6-4-3-5-7-15/h3-11H,2,12H2,1H3,(H,17,18). The predicted octanol–water partition coefficient (Wildman–Crippen LogP) is 2.13. The number of carbonyl (C=O) groups excluding carboxylic acids is 1. The van der Waals surface area contributed by atoms with Gasteiger partial charge in [-0.25, -0.2) is 13.1 Å². The fourth-order valence-electron chi connectivity index (χ4n) is 1.90. The van der Waals surface area contributed by atoms with E-state index in [0.29, 0.717) is 17.9 Å². The van der Waals surface area contributed by atoms with E-state index in [1.54, 1.807) is 42.5 Å². The Morgan fingerprint density at radius 2 is 1.68 bits per heavy atom. The summed E-state index contributed by atoms with van der Waals surface area (Å²) < 4.78 is 31.4. The summed E-state index contributed by atoms with van der Waals surface area (Å²) >= 11 is 0. The van der Waals surface area contributed by atoms with Crippen LogP contribution in [0.4, 0.5) is 0 Å². The zero-order chi connectivity index (χ0) is 16.0. The minimum atomic E-state index is -3.82. The van der Waals surface area contributed by atoms with E-state index in [1.807, 2.05) is 6.92 Å². The van der Waals surface area contributed by atoms with Gasteiger partial charge in [0.15, 0.2) is 0 Å². The summed E-state index contributed by atoms with van der Waals surface area (Å²) in [5.41, 5.74) is 0.712. The van der Waals surface area contributed by atoms with Crippen LogP contribution < -0.4 is 9.46 Å². The lowest BCUT2D eigenvalue weighted by molar-refractivity contribution is -0.118. The third-order valence-corrected chi connectivity index (χ3v) is 4.29. The van der Waals surface area contributed by atoms with Crippen LogP contribution in [0.1, 0.15) is 12.5 Å². The minimum absolute atomic E-state index is 0.0154. The van der Waals surface area contributed by atoms with E-state index in [0.717, 1.165) is 0 Å². The number of hydrogen-bond acceptors (Lipinski definition) is 4. The van der Waals surface area contributed by atoms with Gasteiger partial charge in [-0.3, -0.25) is 4.79 Å². The Hall–Kier alpha value is -2.34. The van der Waals surface area contributed by atoms with Gasteiger partial charge in [0.2, 0.25) is 5.91 Å². The van der Waals surface area contributed by atoms with Crippen molar-refractivity contribution in [1.82, 2.24) is 4.72 Å². The smallest absolute Gasteiger partial charge is 0.264 e. The van der Waals surface area contributed by atoms with Crippen molar-refractivity contribution in [2.24, 2.45) is 0 Å². The van der Waals surface area contributed by atoms with Crippen LogP contribution in [-0.4, -0.2) is 20.9 Å². The summed E-state index contributed by atoms with van der Waals surface area (Å²) in [5, 5.41) is 0. The topological polar surface area (TPSA) is 72.5 Å². The number of rotatable bonds is 6. The number of ether oxygens (including phenoxy) is 1. The van der Waals surface area contributed by atoms with Crippen LogP contribution in [0.15, 0.2) is 59.5 Å². The molecule has 0 fully saturated rings. The molecule has 0 aliphatic rings. The lowest BCUT2D eigenvalue weighted by Gasteiger charge is -2.07. The van der Waals surface area contributed by atoms with E-state index in [1.165, 1.54) is 12.1 Å². The molecule has 0 spiro atoms. The molecule has 0 bridgehead atoms. The van der Waals surface area contributed by atoms with E-state index in [9.17, 15) is 13.2 Å². The summed E-state index contributed by atoms with van der Waals surface area (Å²) in [6.07, 6.45) is -0.0154. The Labute approximate surface area is 130 Å². The summed E-state index contributed by atoms with van der Waals surface area (Å²) in [6, 6.07) is 14.8. The lowest BCUT2D eigenvalue weighted by atomic mass is 10.1. The van der Waals surface area contributed by atoms with Gasteiger partial charge in [0.1, 0.15) is 5.75 Å². The molecule has 0 radical (unpaired) electrons. The molecule has 116 valence electrons. The summed E-state index contributed by atoms with van der Waals surface area (Å²) in [6.45, 7) is 2.45. The molecule has 22 heavy (non-hydrogen) atoms. The van der Waals surface area contributed by atoms with E-state index in [2.05, 4.69) is 4.72 Å². The van der Waals surface area contributed by atoms with E-state index < -0.39 is 15.9 Å². The second kappa shape index (κ2) is 7.09. The van der Waals surface area contributed by atoms with E-state index >= 15 is 0 Å². The summed E-state index contributed by atoms with van der Waals surface area (Å²) in [7, 11) is -3.82. The molecule has 0 unspecified atom stereocenters. The van der Waals surface area contributed by atoms with Gasteiger partial charge in [0.05, 0.1) is 17.9 Å². The maximum Gasteiger partial charge on any atom is 0.264 e. The quantitative estimate of drug-likeness (QED) is 0.885. The lowest BCUT2D eigenvalue weighted by Crippen LogP contribution is -2.31. The van der Waals surface area contributed by atoms with Crippen molar-refractivity contribution in [1.29, 1.82) is 0 Å². The minimum Gasteiger partial charge on any atom is -0.494 e. The number of amides is 1. The van der Waals surface area contributed by atoms with E-state index in [4.69, 9.17) is 4.74 Å². The monoisotopic (exact) mass is 319 g/mol. The van der Waals surface area contributed by atoms with Crippen molar-refractivity contribution in [2.45, 2.75) is 18.2 Å². The van der Waals surface area contributed by atoms with E-state index in [-0.39, 0.29) is 11.3 Å². The van der Waals surface area contributed by atoms with Gasteiger partial charge in [0.25, 0.3) is 10.0 Å². The molecule has 0 saturated heterocycles. The molecule has 0 aromatic heterocycles. The first kappa shape index (κ1) is 16.0. The first-order valence-electron chi connectivity index (χ1n) is 6.83. The van der Waals surface area contributed by atoms with Gasteiger partial charge >= 0.3 is 0 Å². The summed E-state index contributed by atoms with van der Waals surface area (Å²) in [4.78, 5) is 12.0. The second-order valence-corrected chi connectivity index (χ2v) is 6.28. The van der Waals surface area contributed by atoms with Crippen LogP contribution in [-0.2, 0) is 21.2 Å². The average Bonchev–Trinajstić information content (AvgIpc) is 2.50. The van der Waals surface area contributed by atoms with Gasteiger partial charge in [-0.15, -0.1) is 0 Å². The van der Waals surface area contributed by atoms with Crippen LogP contribution in [0.25, 0.3) is 0 Å². The van der Waals surface area contributed by atoms with Crippen molar-refractivity contribution < 1.29 is 17.9 Å². The van der Waals surface area contributed by atoms with Crippen LogP contribution in [0.2, 0.25) is 0 Å². The van der Waals surface area contributed by atoms with Crippen molar-refractivity contribution in [3.05, 3.63) is 60.2 Å². The highest BCUT2D eigenvalue weighted by Crippen LogP contribution is 2.13. The Kier molecular flexibility index (Phi) is 5.16. The number of carbonyl (C=O) groups is 1. The molecule has 0 aliphatic carbocycles. The van der Waals surface area contributed by atoms with Gasteiger partial charge in [-0.2, -0.15) is 0 Å². The Bertz CT molecular complexity index is 725. The fraction of sp³-hybridized carbons (Fsp3) is 0.188.